The standard InChI is InChI=1S/C23H27NO4/c1-16-5-3-4-6-21(16)24-22(25)15-28-23(26)12-8-17-7-9-19-14-20(27-2)11-10-18(19)13-17/h7-14,16,21H,3-6,15H2,1-2H3,(H,24,25)/b12-8+/t16-,21+/m1/s1. The van der Waals surface area contributed by atoms with Crippen LogP contribution in [-0.2, 0) is 14.3 Å². The molecule has 2 atom stereocenters. The van der Waals surface area contributed by atoms with Gasteiger partial charge in [-0.3, -0.25) is 4.79 Å². The van der Waals surface area contributed by atoms with E-state index in [-0.39, 0.29) is 18.6 Å². The summed E-state index contributed by atoms with van der Waals surface area (Å²) >= 11 is 0. The minimum absolute atomic E-state index is 0.187. The van der Waals surface area contributed by atoms with Crippen molar-refractivity contribution in [2.45, 2.75) is 38.6 Å². The van der Waals surface area contributed by atoms with Gasteiger partial charge >= 0.3 is 5.97 Å². The molecule has 0 heterocycles. The lowest BCUT2D eigenvalue weighted by Crippen LogP contribution is -2.42. The maximum atomic E-state index is 12.0. The molecule has 2 aromatic rings. The van der Waals surface area contributed by atoms with Crippen LogP contribution in [0.3, 0.4) is 0 Å². The topological polar surface area (TPSA) is 64.6 Å². The third kappa shape index (κ3) is 5.35. The summed E-state index contributed by atoms with van der Waals surface area (Å²) in [4.78, 5) is 23.9. The summed E-state index contributed by atoms with van der Waals surface area (Å²) < 4.78 is 10.3. The number of methoxy groups -OCH3 is 1. The molecule has 1 amide bonds. The van der Waals surface area contributed by atoms with Gasteiger partial charge in [-0.05, 0) is 59.4 Å². The van der Waals surface area contributed by atoms with Crippen molar-refractivity contribution >= 4 is 28.7 Å². The van der Waals surface area contributed by atoms with Gasteiger partial charge in [-0.15, -0.1) is 0 Å². The Bertz CT molecular complexity index is 874. The number of hydrogen-bond donors (Lipinski definition) is 1. The zero-order valence-electron chi connectivity index (χ0n) is 16.4. The largest absolute Gasteiger partial charge is 0.497 e. The summed E-state index contributed by atoms with van der Waals surface area (Å²) in [6, 6.07) is 11.9. The molecule has 28 heavy (non-hydrogen) atoms. The third-order valence-corrected chi connectivity index (χ3v) is 5.29. The zero-order valence-corrected chi connectivity index (χ0v) is 16.4. The predicted octanol–water partition coefficient (Wildman–Crippen LogP) is 4.10. The van der Waals surface area contributed by atoms with Crippen molar-refractivity contribution in [1.29, 1.82) is 0 Å². The molecule has 1 N–H and O–H groups in total. The van der Waals surface area contributed by atoms with E-state index in [1.165, 1.54) is 12.5 Å². The molecule has 1 aliphatic carbocycles. The van der Waals surface area contributed by atoms with Gasteiger partial charge in [0.2, 0.25) is 0 Å². The van der Waals surface area contributed by atoms with Gasteiger partial charge in [-0.1, -0.05) is 38.0 Å². The van der Waals surface area contributed by atoms with Crippen molar-refractivity contribution in [3.8, 4) is 5.75 Å². The number of carbonyl (C=O) groups excluding carboxylic acids is 2. The Morgan fingerprint density at radius 2 is 1.86 bits per heavy atom. The highest BCUT2D eigenvalue weighted by atomic mass is 16.5. The van der Waals surface area contributed by atoms with E-state index in [2.05, 4.69) is 12.2 Å². The normalized spacial score (nSPS) is 19.5. The van der Waals surface area contributed by atoms with Gasteiger partial charge in [-0.2, -0.15) is 0 Å². The minimum atomic E-state index is -0.526. The van der Waals surface area contributed by atoms with Gasteiger partial charge in [-0.25, -0.2) is 4.79 Å². The molecule has 2 aromatic carbocycles. The van der Waals surface area contributed by atoms with Crippen molar-refractivity contribution < 1.29 is 19.1 Å². The maximum absolute atomic E-state index is 12.0. The van der Waals surface area contributed by atoms with E-state index in [1.54, 1.807) is 13.2 Å². The summed E-state index contributed by atoms with van der Waals surface area (Å²) in [5.74, 6) is 0.517. The molecule has 1 aliphatic rings. The average molecular weight is 381 g/mol. The lowest BCUT2D eigenvalue weighted by molar-refractivity contribution is -0.144. The molecule has 1 saturated carbocycles. The molecule has 0 saturated heterocycles. The summed E-state index contributed by atoms with van der Waals surface area (Å²) in [5.41, 5.74) is 0.884. The first-order chi connectivity index (χ1) is 13.5. The molecule has 1 fully saturated rings. The van der Waals surface area contributed by atoms with E-state index in [4.69, 9.17) is 9.47 Å². The zero-order chi connectivity index (χ0) is 19.9. The number of carbonyl (C=O) groups is 2. The second kappa shape index (κ2) is 9.40. The second-order valence-electron chi connectivity index (χ2n) is 7.35. The fraction of sp³-hybridized carbons (Fsp3) is 0.391. The van der Waals surface area contributed by atoms with Crippen LogP contribution < -0.4 is 10.1 Å². The summed E-state index contributed by atoms with van der Waals surface area (Å²) in [6.45, 7) is 1.91. The number of rotatable bonds is 6. The predicted molar refractivity (Wildman–Crippen MR) is 110 cm³/mol. The lowest BCUT2D eigenvalue weighted by Gasteiger charge is -2.29. The van der Waals surface area contributed by atoms with Crippen LogP contribution in [0.15, 0.2) is 42.5 Å². The molecule has 0 spiro atoms. The van der Waals surface area contributed by atoms with E-state index in [0.717, 1.165) is 41.3 Å². The smallest absolute Gasteiger partial charge is 0.331 e. The average Bonchev–Trinajstić information content (AvgIpc) is 2.72. The Kier molecular flexibility index (Phi) is 6.69. The minimum Gasteiger partial charge on any atom is -0.497 e. The number of hydrogen-bond acceptors (Lipinski definition) is 4. The number of fused-ring (bicyclic) bond motifs is 1. The van der Waals surface area contributed by atoms with Gasteiger partial charge in [0.05, 0.1) is 7.11 Å². The van der Waals surface area contributed by atoms with Gasteiger partial charge in [0.15, 0.2) is 6.61 Å². The number of esters is 1. The number of nitrogens with one attached hydrogen (secondary N) is 1. The first kappa shape index (κ1) is 19.9. The SMILES string of the molecule is COc1ccc2cc(/C=C/C(=O)OCC(=O)N[C@H]3CCCC[C@H]3C)ccc2c1. The molecule has 0 unspecified atom stereocenters. The van der Waals surface area contributed by atoms with Gasteiger partial charge in [0.1, 0.15) is 5.75 Å². The summed E-state index contributed by atoms with van der Waals surface area (Å²) in [6.07, 6.45) is 7.51. The van der Waals surface area contributed by atoms with Crippen molar-refractivity contribution in [1.82, 2.24) is 5.32 Å². The Morgan fingerprint density at radius 1 is 1.11 bits per heavy atom. The molecule has 0 radical (unpaired) electrons. The van der Waals surface area contributed by atoms with E-state index in [1.807, 2.05) is 36.4 Å². The Labute approximate surface area is 165 Å². The van der Waals surface area contributed by atoms with Gasteiger partial charge in [0.25, 0.3) is 5.91 Å². The molecule has 148 valence electrons. The van der Waals surface area contributed by atoms with Crippen molar-refractivity contribution in [3.05, 3.63) is 48.0 Å². The molecule has 3 rings (SSSR count). The summed E-state index contributed by atoms with van der Waals surface area (Å²) in [7, 11) is 1.64. The van der Waals surface area contributed by atoms with Crippen LogP contribution in [0.4, 0.5) is 0 Å². The first-order valence-electron chi connectivity index (χ1n) is 9.77. The molecular weight excluding hydrogens is 354 g/mol. The van der Waals surface area contributed by atoms with Crippen molar-refractivity contribution in [3.63, 3.8) is 0 Å². The maximum Gasteiger partial charge on any atom is 0.331 e. The fourth-order valence-corrected chi connectivity index (χ4v) is 3.60. The van der Waals surface area contributed by atoms with Crippen LogP contribution >= 0.6 is 0 Å². The molecule has 0 aliphatic heterocycles. The lowest BCUT2D eigenvalue weighted by atomic mass is 9.86. The van der Waals surface area contributed by atoms with E-state index < -0.39 is 5.97 Å². The van der Waals surface area contributed by atoms with E-state index in [9.17, 15) is 9.59 Å². The summed E-state index contributed by atoms with van der Waals surface area (Å²) in [5, 5.41) is 5.09. The first-order valence-corrected chi connectivity index (χ1v) is 9.77. The number of ether oxygens (including phenoxy) is 2. The second-order valence-corrected chi connectivity index (χ2v) is 7.35. The Morgan fingerprint density at radius 3 is 2.64 bits per heavy atom. The van der Waals surface area contributed by atoms with Crippen LogP contribution in [0.2, 0.25) is 0 Å². The molecule has 5 nitrogen and oxygen atoms in total. The molecule has 0 bridgehead atoms. The van der Waals surface area contributed by atoms with E-state index >= 15 is 0 Å². The number of amides is 1. The van der Waals surface area contributed by atoms with Crippen molar-refractivity contribution in [2.75, 3.05) is 13.7 Å². The van der Waals surface area contributed by atoms with Crippen LogP contribution in [0.25, 0.3) is 16.8 Å². The van der Waals surface area contributed by atoms with Gasteiger partial charge in [0, 0.05) is 12.1 Å². The van der Waals surface area contributed by atoms with Crippen molar-refractivity contribution in [2.24, 2.45) is 5.92 Å². The highest BCUT2D eigenvalue weighted by molar-refractivity contribution is 5.91. The van der Waals surface area contributed by atoms with Crippen LogP contribution in [0.1, 0.15) is 38.2 Å². The highest BCUT2D eigenvalue weighted by Gasteiger charge is 2.22. The van der Waals surface area contributed by atoms with Crippen LogP contribution in [0, 0.1) is 5.92 Å². The third-order valence-electron chi connectivity index (χ3n) is 5.29. The van der Waals surface area contributed by atoms with Crippen LogP contribution in [-0.4, -0.2) is 31.6 Å². The van der Waals surface area contributed by atoms with Crippen LogP contribution in [0.5, 0.6) is 5.75 Å². The molecular formula is C23H27NO4. The Hall–Kier alpha value is -2.82. The van der Waals surface area contributed by atoms with E-state index in [0.29, 0.717) is 5.92 Å². The quantitative estimate of drug-likeness (QED) is 0.604. The fourth-order valence-electron chi connectivity index (χ4n) is 3.60. The highest BCUT2D eigenvalue weighted by Crippen LogP contribution is 2.24. The molecule has 0 aromatic heterocycles. The van der Waals surface area contributed by atoms with Gasteiger partial charge < -0.3 is 14.8 Å². The number of benzene rings is 2. The molecule has 5 heteroatoms. The monoisotopic (exact) mass is 381 g/mol. The Balaban J connectivity index is 1.50.